The van der Waals surface area contributed by atoms with Crippen LogP contribution in [0.2, 0.25) is 0 Å². The Bertz CT molecular complexity index is 1230. The van der Waals surface area contributed by atoms with E-state index in [1.54, 1.807) is 41.5 Å². The Labute approximate surface area is 548 Å². The standard InChI is InChI=1S/C7H14O2.2C6H13NO2.2C6H12O2.3C5H10O2.8C3H8/c1-5(2)6(3)7(8)9-4;2*1-4(2)5(7)6(8)9-3;2*1-6(2,3)5(7)8-4;3*1-4(2)5(6)7-3;8*1-3-2/h5-6H,1-4H3;2*4-5H,7H2,1-3H3;2*1-4H3;3*4H,1-3H3;8*3H2,1-2H3/t;2*5-;;;;;;;;;;;;;/m.10............./s1. The van der Waals surface area contributed by atoms with Gasteiger partial charge in [0, 0.05) is 0 Å². The molecule has 0 aromatic rings. The number of carbonyl (C=O) groups excluding carboxylic acids is 8. The van der Waals surface area contributed by atoms with Crippen molar-refractivity contribution in [3.05, 3.63) is 0 Å². The van der Waals surface area contributed by atoms with E-state index in [1.807, 2.05) is 90.0 Å². The van der Waals surface area contributed by atoms with Gasteiger partial charge in [0.1, 0.15) is 12.1 Å². The smallest absolute Gasteiger partial charge is 0.322 e. The summed E-state index contributed by atoms with van der Waals surface area (Å²) < 4.78 is 35.4. The third kappa shape index (κ3) is 149. The van der Waals surface area contributed by atoms with Crippen molar-refractivity contribution in [2.45, 2.75) is 306 Å². The van der Waals surface area contributed by atoms with Gasteiger partial charge in [-0.25, -0.2) is 0 Å². The van der Waals surface area contributed by atoms with Crippen LogP contribution in [0.15, 0.2) is 0 Å². The molecule has 0 aliphatic rings. The first-order valence-corrected chi connectivity index (χ1v) is 32.2. The first-order chi connectivity index (χ1) is 40.1. The Morgan fingerprint density at radius 1 is 0.261 bits per heavy atom. The van der Waals surface area contributed by atoms with E-state index in [4.69, 9.17) is 11.5 Å². The zero-order valence-electron chi connectivity index (χ0n) is 66.5. The third-order valence-electron chi connectivity index (χ3n) is 7.57. The first-order valence-electron chi connectivity index (χ1n) is 32.2. The fraction of sp³-hybridized carbons (Fsp3) is 0.886. The van der Waals surface area contributed by atoms with Gasteiger partial charge < -0.3 is 49.4 Å². The molecule has 544 valence electrons. The molecule has 0 fully saturated rings. The molecule has 0 spiro atoms. The number of hydrogen-bond donors (Lipinski definition) is 2. The lowest BCUT2D eigenvalue weighted by Crippen LogP contribution is -2.36. The minimum absolute atomic E-state index is 0.00463. The quantitative estimate of drug-likeness (QED) is 0.160. The van der Waals surface area contributed by atoms with Crippen LogP contribution < -0.4 is 11.5 Å². The van der Waals surface area contributed by atoms with Crippen LogP contribution in [0, 0.1) is 52.3 Å². The highest BCUT2D eigenvalue weighted by molar-refractivity contribution is 5.76. The molecule has 1 unspecified atom stereocenters. The number of rotatable bonds is 9. The van der Waals surface area contributed by atoms with Crippen molar-refractivity contribution < 1.29 is 76.3 Å². The topological polar surface area (TPSA) is 262 Å². The SMILES string of the molecule is CCC.CCC.CCC.CCC.CCC.CCC.CCC.CCC.COC(=O)C(C)(C)C.COC(=O)C(C)(C)C.COC(=O)C(C)C.COC(=O)C(C)C.COC(=O)C(C)C.COC(=O)C(C)C(C)C.COC(=O)[C@@H](N)C(C)C.COC(=O)[C@H](N)C(C)C. The maximum Gasteiger partial charge on any atom is 0.322 e. The normalized spacial score (nSPS) is 9.94. The fourth-order valence-corrected chi connectivity index (χ4v) is 2.59. The average molecular weight is 1280 g/mol. The number of hydrogen-bond acceptors (Lipinski definition) is 18. The van der Waals surface area contributed by atoms with Gasteiger partial charge in [-0.05, 0) is 59.3 Å². The van der Waals surface area contributed by atoms with Crippen molar-refractivity contribution in [2.75, 3.05) is 56.9 Å². The largest absolute Gasteiger partial charge is 0.469 e. The molecule has 18 heteroatoms. The number of nitrogens with two attached hydrogens (primary N) is 2. The third-order valence-corrected chi connectivity index (χ3v) is 7.57. The summed E-state index contributed by atoms with van der Waals surface area (Å²) in [6, 6.07) is -0.954. The Morgan fingerprint density at radius 3 is 0.420 bits per heavy atom. The van der Waals surface area contributed by atoms with E-state index >= 15 is 0 Å². The fourth-order valence-electron chi connectivity index (χ4n) is 2.59. The number of carbonyl (C=O) groups is 8. The lowest BCUT2D eigenvalue weighted by atomic mass is 9.98. The van der Waals surface area contributed by atoms with Crippen LogP contribution in [0.4, 0.5) is 0 Å². The molecule has 0 aromatic carbocycles. The number of methoxy groups -OCH3 is 8. The molecule has 0 aromatic heterocycles. The maximum atomic E-state index is 10.7. The molecule has 0 radical (unpaired) electrons. The second kappa shape index (κ2) is 98.9. The average Bonchev–Trinajstić information content (AvgIpc) is 3.44. The van der Waals surface area contributed by atoms with E-state index < -0.39 is 12.1 Å². The second-order valence-corrected chi connectivity index (χ2v) is 23.3. The van der Waals surface area contributed by atoms with E-state index in [9.17, 15) is 38.4 Å². The molecule has 4 N–H and O–H groups in total. The van der Waals surface area contributed by atoms with Crippen LogP contribution in [0.25, 0.3) is 0 Å². The zero-order valence-corrected chi connectivity index (χ0v) is 66.5. The Balaban J connectivity index is -0.0000000457. The molecule has 0 aliphatic carbocycles. The van der Waals surface area contributed by atoms with Crippen LogP contribution in [0.5, 0.6) is 0 Å². The molecule has 0 bridgehead atoms. The maximum absolute atomic E-state index is 10.7. The van der Waals surface area contributed by atoms with Crippen molar-refractivity contribution in [3.63, 3.8) is 0 Å². The highest BCUT2D eigenvalue weighted by Gasteiger charge is 2.22. The Kier molecular flexibility index (Phi) is 140. The molecular weight excluding hydrogens is 1120 g/mol. The summed E-state index contributed by atoms with van der Waals surface area (Å²) in [4.78, 5) is 84.0. The molecule has 3 atom stereocenters. The Morgan fingerprint density at radius 2 is 0.398 bits per heavy atom. The monoisotopic (exact) mass is 1280 g/mol. The van der Waals surface area contributed by atoms with Gasteiger partial charge >= 0.3 is 47.8 Å². The van der Waals surface area contributed by atoms with Gasteiger partial charge in [0.15, 0.2) is 0 Å². The summed E-state index contributed by atoms with van der Waals surface area (Å²) in [7, 11) is 11.1. The highest BCUT2D eigenvalue weighted by atomic mass is 16.5. The Hall–Kier alpha value is -4.32. The van der Waals surface area contributed by atoms with Gasteiger partial charge in [0.25, 0.3) is 0 Å². The van der Waals surface area contributed by atoms with Crippen LogP contribution in [-0.4, -0.2) is 117 Å². The number of esters is 8. The van der Waals surface area contributed by atoms with Gasteiger partial charge in [-0.3, -0.25) is 38.4 Å². The molecule has 18 nitrogen and oxygen atoms in total. The van der Waals surface area contributed by atoms with Crippen molar-refractivity contribution in [3.8, 4) is 0 Å². The van der Waals surface area contributed by atoms with Crippen LogP contribution in [-0.2, 0) is 76.3 Å². The van der Waals surface area contributed by atoms with Crippen molar-refractivity contribution >= 4 is 47.8 Å². The number of ether oxygens (including phenoxy) is 8. The predicted molar refractivity (Wildman–Crippen MR) is 377 cm³/mol. The lowest BCUT2D eigenvalue weighted by molar-refractivity contribution is -0.150. The van der Waals surface area contributed by atoms with E-state index in [-0.39, 0.29) is 94.1 Å². The highest BCUT2D eigenvalue weighted by Crippen LogP contribution is 2.14. The summed E-state index contributed by atoms with van der Waals surface area (Å²) in [5, 5.41) is 0. The van der Waals surface area contributed by atoms with Gasteiger partial charge in [-0.1, -0.05) is 252 Å². The first kappa shape index (κ1) is 125. The molecule has 0 heterocycles. The van der Waals surface area contributed by atoms with Crippen molar-refractivity contribution in [2.24, 2.45) is 63.7 Å². The predicted octanol–water partition coefficient (Wildman–Crippen LogP) is 17.9. The van der Waals surface area contributed by atoms with Crippen molar-refractivity contribution in [1.29, 1.82) is 0 Å². The molecule has 0 saturated carbocycles. The summed E-state index contributed by atoms with van der Waals surface area (Å²) in [5.74, 6) is -0.891. The molecule has 0 rings (SSSR count). The summed E-state index contributed by atoms with van der Waals surface area (Å²) in [5.41, 5.74) is 10.1. The molecule has 0 saturated heterocycles. The van der Waals surface area contributed by atoms with E-state index in [0.29, 0.717) is 5.92 Å². The summed E-state index contributed by atoms with van der Waals surface area (Å²) in [6.07, 6.45) is 10.0. The summed E-state index contributed by atoms with van der Waals surface area (Å²) in [6.45, 7) is 69.1. The van der Waals surface area contributed by atoms with E-state index in [0.717, 1.165) is 0 Å². The van der Waals surface area contributed by atoms with Gasteiger partial charge in [0.05, 0.1) is 91.4 Å². The minimum Gasteiger partial charge on any atom is -0.469 e. The minimum atomic E-state index is -0.477. The van der Waals surface area contributed by atoms with Gasteiger partial charge in [-0.15, -0.1) is 0 Å². The molecule has 0 amide bonds. The molecule has 0 aliphatic heterocycles. The second-order valence-electron chi connectivity index (χ2n) is 23.3. The summed E-state index contributed by atoms with van der Waals surface area (Å²) >= 11 is 0. The molecule has 88 heavy (non-hydrogen) atoms. The lowest BCUT2D eigenvalue weighted by Gasteiger charge is -2.13. The van der Waals surface area contributed by atoms with E-state index in [1.165, 1.54) is 108 Å². The van der Waals surface area contributed by atoms with Gasteiger partial charge in [-0.2, -0.15) is 0 Å². The van der Waals surface area contributed by atoms with Gasteiger partial charge in [0.2, 0.25) is 0 Å². The van der Waals surface area contributed by atoms with Crippen LogP contribution >= 0.6 is 0 Å². The molecular formula is C70H158N2O16. The van der Waals surface area contributed by atoms with Crippen molar-refractivity contribution in [1.82, 2.24) is 0 Å². The van der Waals surface area contributed by atoms with Crippen LogP contribution in [0.1, 0.15) is 294 Å². The van der Waals surface area contributed by atoms with E-state index in [2.05, 4.69) is 149 Å². The van der Waals surface area contributed by atoms with Crippen LogP contribution in [0.3, 0.4) is 0 Å². The zero-order chi connectivity index (χ0) is 75.1.